The number of halogens is 1. The third-order valence-electron chi connectivity index (χ3n) is 3.53. The second-order valence-corrected chi connectivity index (χ2v) is 5.75. The van der Waals surface area contributed by atoms with Crippen LogP contribution in [0, 0.1) is 0 Å². The number of hydrogen-bond acceptors (Lipinski definition) is 5. The summed E-state index contributed by atoms with van der Waals surface area (Å²) in [4.78, 5) is 24.3. The van der Waals surface area contributed by atoms with E-state index >= 15 is 0 Å². The molecule has 3 N–H and O–H groups in total. The third-order valence-corrected chi connectivity index (χ3v) is 3.77. The van der Waals surface area contributed by atoms with E-state index in [1.54, 1.807) is 13.2 Å². The van der Waals surface area contributed by atoms with Crippen LogP contribution in [0.3, 0.4) is 0 Å². The zero-order chi connectivity index (χ0) is 18.4. The number of ether oxygens (including phenoxy) is 2. The minimum absolute atomic E-state index is 0.161. The summed E-state index contributed by atoms with van der Waals surface area (Å²) in [7, 11) is 1.56. The Morgan fingerprint density at radius 1 is 1.24 bits per heavy atom. The van der Waals surface area contributed by atoms with Crippen LogP contribution in [0.5, 0.6) is 5.75 Å². The molecule has 2 aromatic carbocycles. The van der Waals surface area contributed by atoms with E-state index in [9.17, 15) is 9.59 Å². The molecule has 0 fully saturated rings. The second-order valence-electron chi connectivity index (χ2n) is 5.31. The first-order chi connectivity index (χ1) is 11.9. The maximum absolute atomic E-state index is 12.1. The summed E-state index contributed by atoms with van der Waals surface area (Å²) in [5.74, 6) is -0.442. The van der Waals surface area contributed by atoms with Gasteiger partial charge in [-0.15, -0.1) is 0 Å². The molecule has 0 saturated heterocycles. The van der Waals surface area contributed by atoms with Gasteiger partial charge in [-0.05, 0) is 31.2 Å². The Balaban J connectivity index is 1.94. The predicted molar refractivity (Wildman–Crippen MR) is 95.6 cm³/mol. The zero-order valence-electron chi connectivity index (χ0n) is 13.9. The fourth-order valence-electron chi connectivity index (χ4n) is 2.17. The average molecular weight is 363 g/mol. The number of hydrogen-bond donors (Lipinski definition) is 2. The summed E-state index contributed by atoms with van der Waals surface area (Å²) in [6, 6.07) is 11.8. The third kappa shape index (κ3) is 4.87. The molecule has 0 bridgehead atoms. The second kappa shape index (κ2) is 8.39. The number of carbonyl (C=O) groups excluding carboxylic acids is 2. The molecular weight excluding hydrogens is 344 g/mol. The Labute approximate surface area is 150 Å². The van der Waals surface area contributed by atoms with Crippen LogP contribution >= 0.6 is 11.6 Å². The van der Waals surface area contributed by atoms with Crippen LogP contribution in [0.2, 0.25) is 5.02 Å². The monoisotopic (exact) mass is 362 g/mol. The first kappa shape index (κ1) is 18.6. The summed E-state index contributed by atoms with van der Waals surface area (Å²) in [5.41, 5.74) is 6.91. The van der Waals surface area contributed by atoms with Crippen LogP contribution in [0.25, 0.3) is 0 Å². The largest absolute Gasteiger partial charge is 0.496 e. The molecule has 0 heterocycles. The van der Waals surface area contributed by atoms with Gasteiger partial charge in [0.1, 0.15) is 5.75 Å². The quantitative estimate of drug-likeness (QED) is 0.609. The molecule has 0 saturated carbocycles. The van der Waals surface area contributed by atoms with Crippen molar-refractivity contribution in [1.29, 1.82) is 0 Å². The lowest BCUT2D eigenvalue weighted by Gasteiger charge is -2.15. The highest BCUT2D eigenvalue weighted by Gasteiger charge is 2.20. The van der Waals surface area contributed by atoms with E-state index in [0.29, 0.717) is 10.8 Å². The summed E-state index contributed by atoms with van der Waals surface area (Å²) < 4.78 is 10.4. The fourth-order valence-corrected chi connectivity index (χ4v) is 2.35. The number of anilines is 1. The fraction of sp³-hybridized carbons (Fsp3) is 0.222. The maximum Gasteiger partial charge on any atom is 0.341 e. The van der Waals surface area contributed by atoms with Crippen LogP contribution < -0.4 is 15.8 Å². The van der Waals surface area contributed by atoms with Crippen molar-refractivity contribution in [2.45, 2.75) is 19.6 Å². The molecule has 0 aromatic heterocycles. The number of benzene rings is 2. The molecule has 0 aliphatic carbocycles. The first-order valence-corrected chi connectivity index (χ1v) is 7.95. The zero-order valence-corrected chi connectivity index (χ0v) is 14.7. The molecular formula is C18H19ClN2O4. The van der Waals surface area contributed by atoms with E-state index in [1.807, 2.05) is 18.2 Å². The van der Waals surface area contributed by atoms with E-state index in [-0.39, 0.29) is 17.8 Å². The minimum Gasteiger partial charge on any atom is -0.496 e. The highest BCUT2D eigenvalue weighted by molar-refractivity contribution is 6.31. The minimum atomic E-state index is -0.975. The molecule has 2 aromatic rings. The highest BCUT2D eigenvalue weighted by atomic mass is 35.5. The Kier molecular flexibility index (Phi) is 6.25. The molecule has 0 radical (unpaired) electrons. The van der Waals surface area contributed by atoms with E-state index in [2.05, 4.69) is 5.32 Å². The van der Waals surface area contributed by atoms with Crippen molar-refractivity contribution in [2.75, 3.05) is 12.8 Å². The van der Waals surface area contributed by atoms with Crippen molar-refractivity contribution in [3.8, 4) is 5.75 Å². The molecule has 0 unspecified atom stereocenters. The van der Waals surface area contributed by atoms with Crippen molar-refractivity contribution in [1.82, 2.24) is 5.32 Å². The molecule has 1 atom stereocenters. The molecule has 0 aliphatic rings. The number of nitrogen functional groups attached to an aromatic ring is 1. The van der Waals surface area contributed by atoms with Gasteiger partial charge in [0.25, 0.3) is 5.91 Å². The molecule has 132 valence electrons. The van der Waals surface area contributed by atoms with E-state index in [0.717, 1.165) is 5.56 Å². The van der Waals surface area contributed by atoms with Gasteiger partial charge in [0.15, 0.2) is 6.10 Å². The number of nitrogens with one attached hydrogen (secondary N) is 1. The predicted octanol–water partition coefficient (Wildman–Crippen LogP) is 2.79. The Hall–Kier alpha value is -2.73. The van der Waals surface area contributed by atoms with Gasteiger partial charge < -0.3 is 20.5 Å². The van der Waals surface area contributed by atoms with Crippen LogP contribution in [-0.4, -0.2) is 25.1 Å². The van der Waals surface area contributed by atoms with E-state index in [1.165, 1.54) is 25.1 Å². The van der Waals surface area contributed by atoms with Crippen molar-refractivity contribution < 1.29 is 19.1 Å². The number of esters is 1. The normalized spacial score (nSPS) is 11.5. The standard InChI is InChI=1S/C18H19ClN2O4/c1-11(25-18(23)14-8-7-13(19)9-15(14)20)17(22)21-10-12-5-3-4-6-16(12)24-2/h3-9,11H,10,20H2,1-2H3,(H,21,22)/t11-/m1/s1. The van der Waals surface area contributed by atoms with Gasteiger partial charge in [0.2, 0.25) is 0 Å². The van der Waals surface area contributed by atoms with Crippen molar-refractivity contribution in [3.63, 3.8) is 0 Å². The van der Waals surface area contributed by atoms with E-state index < -0.39 is 18.0 Å². The van der Waals surface area contributed by atoms with Crippen molar-refractivity contribution in [2.24, 2.45) is 0 Å². The molecule has 1 amide bonds. The lowest BCUT2D eigenvalue weighted by atomic mass is 10.2. The smallest absolute Gasteiger partial charge is 0.341 e. The Bertz CT molecular complexity index is 779. The van der Waals surface area contributed by atoms with Gasteiger partial charge in [0.05, 0.1) is 12.7 Å². The molecule has 0 spiro atoms. The summed E-state index contributed by atoms with van der Waals surface area (Å²) in [5, 5.41) is 3.12. The van der Waals surface area contributed by atoms with Gasteiger partial charge in [0, 0.05) is 22.8 Å². The SMILES string of the molecule is COc1ccccc1CNC(=O)[C@@H](C)OC(=O)c1ccc(Cl)cc1N. The molecule has 6 nitrogen and oxygen atoms in total. The van der Waals surface area contributed by atoms with Crippen LogP contribution in [-0.2, 0) is 16.1 Å². The summed E-state index contributed by atoms with van der Waals surface area (Å²) in [6.45, 7) is 1.75. The number of amides is 1. The number of nitrogens with two attached hydrogens (primary N) is 1. The maximum atomic E-state index is 12.1. The van der Waals surface area contributed by atoms with Crippen molar-refractivity contribution in [3.05, 3.63) is 58.6 Å². The molecule has 7 heteroatoms. The van der Waals surface area contributed by atoms with Gasteiger partial charge in [-0.2, -0.15) is 0 Å². The van der Waals surface area contributed by atoms with Crippen LogP contribution in [0.4, 0.5) is 5.69 Å². The number of carbonyl (C=O) groups is 2. The molecule has 0 aliphatic heterocycles. The lowest BCUT2D eigenvalue weighted by Crippen LogP contribution is -2.35. The number of rotatable bonds is 6. The highest BCUT2D eigenvalue weighted by Crippen LogP contribution is 2.19. The Morgan fingerprint density at radius 2 is 1.96 bits per heavy atom. The van der Waals surface area contributed by atoms with Gasteiger partial charge in [-0.25, -0.2) is 4.79 Å². The van der Waals surface area contributed by atoms with Crippen LogP contribution in [0.15, 0.2) is 42.5 Å². The van der Waals surface area contributed by atoms with E-state index in [4.69, 9.17) is 26.8 Å². The molecule has 25 heavy (non-hydrogen) atoms. The molecule has 2 rings (SSSR count). The average Bonchev–Trinajstić information content (AvgIpc) is 2.59. The number of para-hydroxylation sites is 1. The van der Waals surface area contributed by atoms with Gasteiger partial charge in [-0.3, -0.25) is 4.79 Å². The first-order valence-electron chi connectivity index (χ1n) is 7.58. The summed E-state index contributed by atoms with van der Waals surface area (Å²) in [6.07, 6.45) is -0.975. The Morgan fingerprint density at radius 3 is 2.64 bits per heavy atom. The summed E-state index contributed by atoms with van der Waals surface area (Å²) >= 11 is 5.80. The topological polar surface area (TPSA) is 90.6 Å². The van der Waals surface area contributed by atoms with Gasteiger partial charge >= 0.3 is 5.97 Å². The number of methoxy groups -OCH3 is 1. The van der Waals surface area contributed by atoms with Gasteiger partial charge in [-0.1, -0.05) is 29.8 Å². The van der Waals surface area contributed by atoms with Crippen molar-refractivity contribution >= 4 is 29.2 Å². The lowest BCUT2D eigenvalue weighted by molar-refractivity contribution is -0.129. The van der Waals surface area contributed by atoms with Crippen LogP contribution in [0.1, 0.15) is 22.8 Å².